The normalized spacial score (nSPS) is 14.1. The van der Waals surface area contributed by atoms with Crippen LogP contribution in [0.15, 0.2) is 17.8 Å². The van der Waals surface area contributed by atoms with Crippen molar-refractivity contribution in [2.75, 3.05) is 33.4 Å². The van der Waals surface area contributed by atoms with Gasteiger partial charge >= 0.3 is 0 Å². The van der Waals surface area contributed by atoms with Gasteiger partial charge in [-0.2, -0.15) is 0 Å². The Balaban J connectivity index is 2.89. The summed E-state index contributed by atoms with van der Waals surface area (Å²) in [4.78, 5) is 5.31. The maximum absolute atomic E-state index is 11.5. The Morgan fingerprint density at radius 2 is 2.14 bits per heavy atom. The average molecular weight is 311 g/mol. The number of hydrogen-bond acceptors (Lipinski definition) is 3. The SMILES string of the molecule is C=c1c(CCN(C)C)c[nH]/c1=C/C=C(\C)CS(=O)(=O)NC. The Morgan fingerprint density at radius 1 is 1.48 bits per heavy atom. The highest BCUT2D eigenvalue weighted by molar-refractivity contribution is 7.89. The van der Waals surface area contributed by atoms with Gasteiger partial charge in [0.25, 0.3) is 0 Å². The molecule has 0 bridgehead atoms. The summed E-state index contributed by atoms with van der Waals surface area (Å²) < 4.78 is 25.2. The van der Waals surface area contributed by atoms with Gasteiger partial charge in [-0.05, 0) is 51.3 Å². The van der Waals surface area contributed by atoms with Gasteiger partial charge in [-0.1, -0.05) is 18.2 Å². The number of nitrogens with zero attached hydrogens (tertiary/aromatic N) is 1. The van der Waals surface area contributed by atoms with E-state index >= 15 is 0 Å². The van der Waals surface area contributed by atoms with Crippen molar-refractivity contribution < 1.29 is 8.42 Å². The van der Waals surface area contributed by atoms with E-state index in [1.165, 1.54) is 12.6 Å². The predicted molar refractivity (Wildman–Crippen MR) is 88.9 cm³/mol. The number of aromatic nitrogens is 1. The Bertz CT molecular complexity index is 700. The molecule has 0 saturated heterocycles. The summed E-state index contributed by atoms with van der Waals surface area (Å²) in [6.07, 6.45) is 6.59. The first-order valence-electron chi connectivity index (χ1n) is 6.84. The molecule has 1 aromatic heterocycles. The molecule has 1 rings (SSSR count). The van der Waals surface area contributed by atoms with Gasteiger partial charge in [-0.15, -0.1) is 0 Å². The minimum absolute atomic E-state index is 0.000666. The van der Waals surface area contributed by atoms with E-state index in [0.29, 0.717) is 0 Å². The van der Waals surface area contributed by atoms with E-state index in [4.69, 9.17) is 0 Å². The van der Waals surface area contributed by atoms with E-state index in [1.807, 2.05) is 32.4 Å². The summed E-state index contributed by atoms with van der Waals surface area (Å²) in [5.41, 5.74) is 1.96. The summed E-state index contributed by atoms with van der Waals surface area (Å²) >= 11 is 0. The topological polar surface area (TPSA) is 65.2 Å². The van der Waals surface area contributed by atoms with Gasteiger partial charge < -0.3 is 9.88 Å². The maximum Gasteiger partial charge on any atom is 0.215 e. The van der Waals surface area contributed by atoms with Crippen LogP contribution in [0.1, 0.15) is 12.5 Å². The molecule has 0 unspecified atom stereocenters. The lowest BCUT2D eigenvalue weighted by molar-refractivity contribution is 0.413. The van der Waals surface area contributed by atoms with Gasteiger partial charge in [0, 0.05) is 18.1 Å². The predicted octanol–water partition coefficient (Wildman–Crippen LogP) is -0.195. The molecule has 0 atom stereocenters. The number of likely N-dealkylation sites (N-methyl/N-ethyl adjacent to an activating group) is 1. The molecule has 6 heteroatoms. The van der Waals surface area contributed by atoms with Crippen LogP contribution in [-0.4, -0.2) is 51.7 Å². The number of sulfonamides is 1. The second-order valence-electron chi connectivity index (χ2n) is 5.40. The second-order valence-corrected chi connectivity index (χ2v) is 7.33. The van der Waals surface area contributed by atoms with E-state index in [2.05, 4.69) is 21.2 Å². The van der Waals surface area contributed by atoms with Crippen LogP contribution in [0.2, 0.25) is 0 Å². The smallest absolute Gasteiger partial charge is 0.215 e. The fourth-order valence-electron chi connectivity index (χ4n) is 1.87. The number of aromatic amines is 1. The van der Waals surface area contributed by atoms with Crippen LogP contribution in [0.4, 0.5) is 0 Å². The number of allylic oxidation sites excluding steroid dienone is 1. The van der Waals surface area contributed by atoms with Gasteiger partial charge in [0.2, 0.25) is 10.0 Å². The molecule has 0 radical (unpaired) electrons. The Kier molecular flexibility index (Phi) is 6.39. The standard InChI is InChI=1S/C15H25N3O2S/c1-12(11-21(19,20)16-3)6-7-15-13(2)14(10-17-15)8-9-18(4)5/h6-7,10,16-17H,2,8-9,11H2,1,3-5H3/b12-6+,15-7+. The molecule has 0 saturated carbocycles. The van der Waals surface area contributed by atoms with Crippen molar-refractivity contribution in [1.29, 1.82) is 0 Å². The summed E-state index contributed by atoms with van der Waals surface area (Å²) in [5.74, 6) is 0.000666. The van der Waals surface area contributed by atoms with E-state index in [9.17, 15) is 8.42 Å². The van der Waals surface area contributed by atoms with Crippen molar-refractivity contribution in [3.63, 3.8) is 0 Å². The first kappa shape index (κ1) is 17.7. The lowest BCUT2D eigenvalue weighted by Gasteiger charge is -2.07. The van der Waals surface area contributed by atoms with Crippen LogP contribution in [0.25, 0.3) is 12.7 Å². The molecule has 21 heavy (non-hydrogen) atoms. The van der Waals surface area contributed by atoms with Crippen LogP contribution in [0, 0.1) is 0 Å². The zero-order chi connectivity index (χ0) is 16.0. The molecule has 0 aromatic carbocycles. The number of nitrogens with one attached hydrogen (secondary N) is 2. The van der Waals surface area contributed by atoms with Gasteiger partial charge in [-0.3, -0.25) is 0 Å². The second kappa shape index (κ2) is 7.59. The van der Waals surface area contributed by atoms with Gasteiger partial charge in [0.1, 0.15) is 0 Å². The summed E-state index contributed by atoms with van der Waals surface area (Å²) in [6.45, 7) is 6.85. The zero-order valence-corrected chi connectivity index (χ0v) is 14.0. The van der Waals surface area contributed by atoms with Crippen LogP contribution < -0.4 is 15.3 Å². The van der Waals surface area contributed by atoms with Crippen LogP contribution in [-0.2, 0) is 16.4 Å². The zero-order valence-electron chi connectivity index (χ0n) is 13.2. The number of H-pyrrole nitrogens is 1. The van der Waals surface area contributed by atoms with Crippen molar-refractivity contribution in [2.24, 2.45) is 0 Å². The molecule has 0 fully saturated rings. The Hall–Kier alpha value is -1.37. The Morgan fingerprint density at radius 3 is 2.71 bits per heavy atom. The summed E-state index contributed by atoms with van der Waals surface area (Å²) in [7, 11) is 2.28. The first-order chi connectivity index (χ1) is 9.75. The molecule has 5 nitrogen and oxygen atoms in total. The maximum atomic E-state index is 11.5. The molecular weight excluding hydrogens is 286 g/mol. The van der Waals surface area contributed by atoms with Gasteiger partial charge in [0.15, 0.2) is 0 Å². The molecule has 0 aliphatic carbocycles. The summed E-state index contributed by atoms with van der Waals surface area (Å²) in [6, 6.07) is 0. The molecule has 0 amide bonds. The summed E-state index contributed by atoms with van der Waals surface area (Å²) in [5, 5.41) is 1.89. The third kappa shape index (κ3) is 5.87. The van der Waals surface area contributed by atoms with Crippen molar-refractivity contribution in [3.05, 3.63) is 34.0 Å². The monoisotopic (exact) mass is 311 g/mol. The van der Waals surface area contributed by atoms with Gasteiger partial charge in [-0.25, -0.2) is 13.1 Å². The highest BCUT2D eigenvalue weighted by atomic mass is 32.2. The van der Waals surface area contributed by atoms with E-state index in [-0.39, 0.29) is 5.75 Å². The molecule has 0 spiro atoms. The number of rotatable bonds is 7. The van der Waals surface area contributed by atoms with Crippen molar-refractivity contribution in [3.8, 4) is 0 Å². The van der Waals surface area contributed by atoms with E-state index in [0.717, 1.165) is 29.1 Å². The van der Waals surface area contributed by atoms with Crippen molar-refractivity contribution >= 4 is 22.7 Å². The first-order valence-corrected chi connectivity index (χ1v) is 8.49. The van der Waals surface area contributed by atoms with E-state index in [1.54, 1.807) is 6.92 Å². The minimum Gasteiger partial charge on any atom is -0.361 e. The molecule has 0 aliphatic heterocycles. The molecule has 118 valence electrons. The lowest BCUT2D eigenvalue weighted by atomic mass is 10.2. The quantitative estimate of drug-likeness (QED) is 0.733. The van der Waals surface area contributed by atoms with Gasteiger partial charge in [0.05, 0.1) is 5.75 Å². The highest BCUT2D eigenvalue weighted by Crippen LogP contribution is 1.97. The molecule has 0 aliphatic rings. The minimum atomic E-state index is -3.22. The molecule has 1 aromatic rings. The lowest BCUT2D eigenvalue weighted by Crippen LogP contribution is -2.25. The molecular formula is C15H25N3O2S. The highest BCUT2D eigenvalue weighted by Gasteiger charge is 2.06. The average Bonchev–Trinajstić information content (AvgIpc) is 2.74. The fraction of sp³-hybridized carbons (Fsp3) is 0.467. The third-order valence-corrected chi connectivity index (χ3v) is 4.66. The van der Waals surface area contributed by atoms with Crippen molar-refractivity contribution in [2.45, 2.75) is 13.3 Å². The fourth-order valence-corrected chi connectivity index (χ4v) is 2.71. The van der Waals surface area contributed by atoms with Crippen LogP contribution >= 0.6 is 0 Å². The van der Waals surface area contributed by atoms with E-state index < -0.39 is 10.0 Å². The Labute approximate surface area is 127 Å². The van der Waals surface area contributed by atoms with Crippen molar-refractivity contribution in [1.82, 2.24) is 14.6 Å². The van der Waals surface area contributed by atoms with Crippen LogP contribution in [0.3, 0.4) is 0 Å². The third-order valence-electron chi connectivity index (χ3n) is 3.21. The largest absolute Gasteiger partial charge is 0.361 e. The molecule has 1 heterocycles. The van der Waals surface area contributed by atoms with Crippen LogP contribution in [0.5, 0.6) is 0 Å². The number of hydrogen-bond donors (Lipinski definition) is 2. The molecule has 2 N–H and O–H groups in total.